The number of benzene rings is 2. The molecule has 156 valence electrons. The Morgan fingerprint density at radius 2 is 1.72 bits per heavy atom. The molecule has 6 nitrogen and oxygen atoms in total. The molecule has 0 saturated carbocycles. The molecule has 1 aliphatic rings. The third kappa shape index (κ3) is 6.19. The first-order chi connectivity index (χ1) is 14.1. The summed E-state index contributed by atoms with van der Waals surface area (Å²) >= 11 is 3.39. The quantitative estimate of drug-likeness (QED) is 0.651. The number of hydrogen-bond donors (Lipinski definition) is 1. The SMILES string of the molecule is COc1ccc([C@@H](CNC(=O)[C@H](C)Oc2ccc(Br)cc2)N2CCOCC2)cc1. The van der Waals surface area contributed by atoms with Crippen molar-refractivity contribution >= 4 is 21.8 Å². The number of amides is 1. The van der Waals surface area contributed by atoms with Crippen LogP contribution in [-0.4, -0.2) is 56.9 Å². The molecule has 2 atom stereocenters. The minimum Gasteiger partial charge on any atom is -0.497 e. The summed E-state index contributed by atoms with van der Waals surface area (Å²) in [6, 6.07) is 15.5. The Morgan fingerprint density at radius 1 is 1.10 bits per heavy atom. The maximum absolute atomic E-state index is 12.6. The van der Waals surface area contributed by atoms with Crippen molar-refractivity contribution in [1.82, 2.24) is 10.2 Å². The molecule has 0 unspecified atom stereocenters. The Labute approximate surface area is 180 Å². The fourth-order valence-electron chi connectivity index (χ4n) is 3.28. The van der Waals surface area contributed by atoms with Crippen LogP contribution >= 0.6 is 15.9 Å². The molecule has 0 aromatic heterocycles. The number of carbonyl (C=O) groups excluding carboxylic acids is 1. The zero-order valence-corrected chi connectivity index (χ0v) is 18.4. The molecule has 1 N–H and O–H groups in total. The van der Waals surface area contributed by atoms with Gasteiger partial charge in [-0.2, -0.15) is 0 Å². The van der Waals surface area contributed by atoms with E-state index in [9.17, 15) is 4.79 Å². The van der Waals surface area contributed by atoms with E-state index in [1.807, 2.05) is 48.5 Å². The highest BCUT2D eigenvalue weighted by molar-refractivity contribution is 9.10. The van der Waals surface area contributed by atoms with Gasteiger partial charge < -0.3 is 19.5 Å². The second kappa shape index (κ2) is 10.6. The molecule has 3 rings (SSSR count). The van der Waals surface area contributed by atoms with Crippen LogP contribution in [0, 0.1) is 0 Å². The van der Waals surface area contributed by atoms with E-state index >= 15 is 0 Å². The highest BCUT2D eigenvalue weighted by Crippen LogP contribution is 2.24. The molecule has 1 aliphatic heterocycles. The van der Waals surface area contributed by atoms with Gasteiger partial charge in [-0.05, 0) is 48.9 Å². The van der Waals surface area contributed by atoms with Crippen LogP contribution in [0.3, 0.4) is 0 Å². The summed E-state index contributed by atoms with van der Waals surface area (Å²) in [5, 5.41) is 3.05. The maximum Gasteiger partial charge on any atom is 0.260 e. The molecule has 1 heterocycles. The largest absolute Gasteiger partial charge is 0.497 e. The van der Waals surface area contributed by atoms with E-state index in [2.05, 4.69) is 26.1 Å². The number of methoxy groups -OCH3 is 1. The van der Waals surface area contributed by atoms with Gasteiger partial charge in [-0.25, -0.2) is 0 Å². The van der Waals surface area contributed by atoms with E-state index in [4.69, 9.17) is 14.2 Å². The van der Waals surface area contributed by atoms with Crippen LogP contribution in [0.15, 0.2) is 53.0 Å². The van der Waals surface area contributed by atoms with E-state index in [0.29, 0.717) is 25.5 Å². The molecule has 1 fully saturated rings. The Kier molecular flexibility index (Phi) is 7.91. The average Bonchev–Trinajstić information content (AvgIpc) is 2.76. The van der Waals surface area contributed by atoms with Crippen molar-refractivity contribution in [2.75, 3.05) is 40.0 Å². The topological polar surface area (TPSA) is 60.0 Å². The van der Waals surface area contributed by atoms with Crippen molar-refractivity contribution in [1.29, 1.82) is 0 Å². The fraction of sp³-hybridized carbons (Fsp3) is 0.409. The predicted octanol–water partition coefficient (Wildman–Crippen LogP) is 3.41. The molecule has 29 heavy (non-hydrogen) atoms. The van der Waals surface area contributed by atoms with E-state index in [0.717, 1.165) is 28.9 Å². The zero-order valence-electron chi connectivity index (χ0n) is 16.8. The normalized spacial score (nSPS) is 16.7. The van der Waals surface area contributed by atoms with E-state index < -0.39 is 6.10 Å². The molecule has 0 radical (unpaired) electrons. The molecule has 0 aliphatic carbocycles. The minimum atomic E-state index is -0.586. The summed E-state index contributed by atoms with van der Waals surface area (Å²) in [6.45, 7) is 5.32. The minimum absolute atomic E-state index is 0.0636. The van der Waals surface area contributed by atoms with Gasteiger partial charge in [0.2, 0.25) is 0 Å². The molecule has 1 saturated heterocycles. The molecular weight excluding hydrogens is 436 g/mol. The van der Waals surface area contributed by atoms with Crippen molar-refractivity contribution < 1.29 is 19.0 Å². The standard InChI is InChI=1S/C22H27BrN2O4/c1-16(29-20-9-5-18(23)6-10-20)22(26)24-15-21(25-11-13-28-14-12-25)17-3-7-19(27-2)8-4-17/h3-10,16,21H,11-15H2,1-2H3,(H,24,26)/t16-,21+/m0/s1. The Balaban J connectivity index is 1.63. The lowest BCUT2D eigenvalue weighted by Gasteiger charge is -2.35. The van der Waals surface area contributed by atoms with Crippen molar-refractivity contribution in [3.63, 3.8) is 0 Å². The molecule has 2 aromatic rings. The molecular formula is C22H27BrN2O4. The van der Waals surface area contributed by atoms with Gasteiger partial charge in [0.15, 0.2) is 6.10 Å². The number of hydrogen-bond acceptors (Lipinski definition) is 5. The first kappa shape index (κ1) is 21.6. The Hall–Kier alpha value is -2.09. The summed E-state index contributed by atoms with van der Waals surface area (Å²) in [6.07, 6.45) is -0.586. The van der Waals surface area contributed by atoms with Crippen LogP contribution in [0.2, 0.25) is 0 Å². The van der Waals surface area contributed by atoms with Crippen LogP contribution in [-0.2, 0) is 9.53 Å². The van der Waals surface area contributed by atoms with Crippen LogP contribution in [0.4, 0.5) is 0 Å². The van der Waals surface area contributed by atoms with Gasteiger partial charge in [0, 0.05) is 24.1 Å². The van der Waals surface area contributed by atoms with Gasteiger partial charge in [0.05, 0.1) is 26.4 Å². The third-order valence-electron chi connectivity index (χ3n) is 4.95. The van der Waals surface area contributed by atoms with Crippen LogP contribution in [0.5, 0.6) is 11.5 Å². The lowest BCUT2D eigenvalue weighted by molar-refractivity contribution is -0.127. The fourth-order valence-corrected chi connectivity index (χ4v) is 3.55. The smallest absolute Gasteiger partial charge is 0.260 e. The van der Waals surface area contributed by atoms with Crippen LogP contribution in [0.1, 0.15) is 18.5 Å². The Morgan fingerprint density at radius 3 is 2.34 bits per heavy atom. The lowest BCUT2D eigenvalue weighted by atomic mass is 10.0. The second-order valence-corrected chi connectivity index (χ2v) is 7.81. The summed E-state index contributed by atoms with van der Waals surface area (Å²) in [5.41, 5.74) is 1.13. The predicted molar refractivity (Wildman–Crippen MR) is 115 cm³/mol. The van der Waals surface area contributed by atoms with Gasteiger partial charge in [-0.15, -0.1) is 0 Å². The van der Waals surface area contributed by atoms with Crippen molar-refractivity contribution in [3.05, 3.63) is 58.6 Å². The highest BCUT2D eigenvalue weighted by Gasteiger charge is 2.24. The summed E-state index contributed by atoms with van der Waals surface area (Å²) < 4.78 is 17.5. The third-order valence-corrected chi connectivity index (χ3v) is 5.48. The summed E-state index contributed by atoms with van der Waals surface area (Å²) in [5.74, 6) is 1.34. The van der Waals surface area contributed by atoms with Crippen molar-refractivity contribution in [2.24, 2.45) is 0 Å². The van der Waals surface area contributed by atoms with E-state index in [1.54, 1.807) is 14.0 Å². The number of carbonyl (C=O) groups is 1. The summed E-state index contributed by atoms with van der Waals surface area (Å²) in [7, 11) is 1.65. The van der Waals surface area contributed by atoms with Crippen molar-refractivity contribution in [2.45, 2.75) is 19.1 Å². The average molecular weight is 463 g/mol. The van der Waals surface area contributed by atoms with Gasteiger partial charge in [-0.1, -0.05) is 28.1 Å². The monoisotopic (exact) mass is 462 g/mol. The zero-order chi connectivity index (χ0) is 20.6. The number of morpholine rings is 1. The maximum atomic E-state index is 12.6. The molecule has 1 amide bonds. The molecule has 2 aromatic carbocycles. The molecule has 0 bridgehead atoms. The van der Waals surface area contributed by atoms with E-state index in [-0.39, 0.29) is 11.9 Å². The van der Waals surface area contributed by atoms with Gasteiger partial charge in [-0.3, -0.25) is 9.69 Å². The van der Waals surface area contributed by atoms with Gasteiger partial charge in [0.25, 0.3) is 5.91 Å². The number of nitrogens with zero attached hydrogens (tertiary/aromatic N) is 1. The first-order valence-corrected chi connectivity index (χ1v) is 10.5. The Bertz CT molecular complexity index is 776. The van der Waals surface area contributed by atoms with Gasteiger partial charge >= 0.3 is 0 Å². The highest BCUT2D eigenvalue weighted by atomic mass is 79.9. The van der Waals surface area contributed by atoms with Crippen molar-refractivity contribution in [3.8, 4) is 11.5 Å². The molecule has 7 heteroatoms. The lowest BCUT2D eigenvalue weighted by Crippen LogP contribution is -2.45. The van der Waals surface area contributed by atoms with Crippen LogP contribution < -0.4 is 14.8 Å². The second-order valence-electron chi connectivity index (χ2n) is 6.90. The number of rotatable bonds is 8. The number of ether oxygens (including phenoxy) is 3. The molecule has 0 spiro atoms. The van der Waals surface area contributed by atoms with E-state index in [1.165, 1.54) is 0 Å². The van der Waals surface area contributed by atoms with Crippen LogP contribution in [0.25, 0.3) is 0 Å². The number of halogens is 1. The van der Waals surface area contributed by atoms with Gasteiger partial charge in [0.1, 0.15) is 11.5 Å². The first-order valence-electron chi connectivity index (χ1n) is 9.72. The summed E-state index contributed by atoms with van der Waals surface area (Å²) in [4.78, 5) is 15.0. The number of nitrogens with one attached hydrogen (secondary N) is 1.